The largest absolute Gasteiger partial charge is 0.462 e. The second-order valence-electron chi connectivity index (χ2n) is 9.20. The van der Waals surface area contributed by atoms with Crippen LogP contribution in [0.4, 0.5) is 0 Å². The van der Waals surface area contributed by atoms with Gasteiger partial charge in [0.25, 0.3) is 0 Å². The van der Waals surface area contributed by atoms with Gasteiger partial charge in [-0.05, 0) is 63.7 Å². The Bertz CT molecular complexity index is 465. The molecule has 0 aliphatic heterocycles. The fourth-order valence-electron chi connectivity index (χ4n) is 5.02. The Morgan fingerprint density at radius 2 is 1.59 bits per heavy atom. The highest BCUT2D eigenvalue weighted by molar-refractivity contribution is 5.72. The highest BCUT2D eigenvalue weighted by Gasteiger charge is 2.38. The Hall–Kier alpha value is -1.04. The van der Waals surface area contributed by atoms with Crippen LogP contribution >= 0.6 is 0 Å². The molecule has 154 valence electrons. The monoisotopic (exact) mass is 375 g/mol. The fourth-order valence-corrected chi connectivity index (χ4v) is 5.02. The molecule has 0 aromatic heterocycles. The number of nitrogens with zero attached hydrogens (tertiary/aromatic N) is 1. The van der Waals surface area contributed by atoms with Crippen molar-refractivity contribution in [3.05, 3.63) is 0 Å². The van der Waals surface area contributed by atoms with Crippen LogP contribution in [0.25, 0.3) is 0 Å². The third kappa shape index (κ3) is 7.13. The van der Waals surface area contributed by atoms with Gasteiger partial charge >= 0.3 is 5.97 Å². The molecule has 0 spiro atoms. The third-order valence-corrected chi connectivity index (χ3v) is 7.06. The predicted molar refractivity (Wildman–Crippen MR) is 110 cm³/mol. The number of rotatable bonds is 10. The maximum Gasteiger partial charge on any atom is 0.309 e. The molecule has 3 nitrogen and oxygen atoms in total. The highest BCUT2D eigenvalue weighted by Crippen LogP contribution is 2.43. The number of carbonyl (C=O) groups is 1. The molecule has 0 aromatic rings. The smallest absolute Gasteiger partial charge is 0.309 e. The summed E-state index contributed by atoms with van der Waals surface area (Å²) in [6.45, 7) is 4.46. The van der Waals surface area contributed by atoms with E-state index in [0.717, 1.165) is 57.3 Å². The van der Waals surface area contributed by atoms with Crippen molar-refractivity contribution in [1.29, 1.82) is 5.26 Å². The molecular formula is C24H41NO2. The lowest BCUT2D eigenvalue weighted by molar-refractivity contribution is -0.157. The number of hydrogen-bond donors (Lipinski definition) is 0. The van der Waals surface area contributed by atoms with Crippen LogP contribution in [-0.2, 0) is 9.53 Å². The van der Waals surface area contributed by atoms with Crippen molar-refractivity contribution in [2.24, 2.45) is 17.3 Å². The average Bonchev–Trinajstić information content (AvgIpc) is 2.70. The molecule has 0 saturated heterocycles. The van der Waals surface area contributed by atoms with Crippen molar-refractivity contribution in [2.45, 2.75) is 123 Å². The van der Waals surface area contributed by atoms with Crippen molar-refractivity contribution in [2.75, 3.05) is 0 Å². The van der Waals surface area contributed by atoms with Crippen LogP contribution in [0.15, 0.2) is 0 Å². The van der Waals surface area contributed by atoms with E-state index in [4.69, 9.17) is 4.74 Å². The normalized spacial score (nSPS) is 31.2. The van der Waals surface area contributed by atoms with Gasteiger partial charge in [-0.15, -0.1) is 0 Å². The zero-order valence-corrected chi connectivity index (χ0v) is 17.8. The minimum absolute atomic E-state index is 0.0181. The van der Waals surface area contributed by atoms with Crippen LogP contribution in [0.3, 0.4) is 0 Å². The molecule has 0 radical (unpaired) electrons. The van der Waals surface area contributed by atoms with E-state index in [1.54, 1.807) is 0 Å². The first-order chi connectivity index (χ1) is 13.1. The van der Waals surface area contributed by atoms with Crippen LogP contribution < -0.4 is 0 Å². The third-order valence-electron chi connectivity index (χ3n) is 7.06. The minimum Gasteiger partial charge on any atom is -0.462 e. The zero-order valence-electron chi connectivity index (χ0n) is 17.8. The van der Waals surface area contributed by atoms with Gasteiger partial charge in [0.05, 0.1) is 17.4 Å². The summed E-state index contributed by atoms with van der Waals surface area (Å²) in [5.74, 6) is 0.894. The standard InChI is InChI=1S/C24H41NO2/c1-3-5-7-9-20-10-12-22(13-11-20)27-23(26)21-14-17-24(19-25,18-15-21)16-8-6-4-2/h20-22H,3-18H2,1-2H3. The maximum atomic E-state index is 12.6. The fraction of sp³-hybridized carbons (Fsp3) is 0.917. The van der Waals surface area contributed by atoms with Crippen molar-refractivity contribution in [3.63, 3.8) is 0 Å². The van der Waals surface area contributed by atoms with Gasteiger partial charge in [-0.25, -0.2) is 0 Å². The minimum atomic E-state index is -0.178. The van der Waals surface area contributed by atoms with Crippen LogP contribution in [0, 0.1) is 28.6 Å². The Labute approximate surface area is 167 Å². The van der Waals surface area contributed by atoms with Crippen LogP contribution in [0.2, 0.25) is 0 Å². The number of ether oxygens (including phenoxy) is 1. The van der Waals surface area contributed by atoms with E-state index in [0.29, 0.717) is 0 Å². The van der Waals surface area contributed by atoms with E-state index in [9.17, 15) is 10.1 Å². The first-order valence-corrected chi connectivity index (χ1v) is 11.7. The topological polar surface area (TPSA) is 50.1 Å². The maximum absolute atomic E-state index is 12.6. The molecular weight excluding hydrogens is 334 g/mol. The second kappa shape index (κ2) is 11.7. The van der Waals surface area contributed by atoms with Gasteiger partial charge in [0.1, 0.15) is 6.10 Å². The summed E-state index contributed by atoms with van der Waals surface area (Å²) in [5.41, 5.74) is -0.178. The molecule has 2 saturated carbocycles. The number of nitriles is 1. The van der Waals surface area contributed by atoms with Gasteiger partial charge in [0.15, 0.2) is 0 Å². The molecule has 2 fully saturated rings. The van der Waals surface area contributed by atoms with Crippen LogP contribution in [0.5, 0.6) is 0 Å². The molecule has 0 N–H and O–H groups in total. The molecule has 0 heterocycles. The number of hydrogen-bond acceptors (Lipinski definition) is 3. The molecule has 0 atom stereocenters. The predicted octanol–water partition coefficient (Wildman–Crippen LogP) is 6.95. The van der Waals surface area contributed by atoms with E-state index >= 15 is 0 Å². The molecule has 2 aliphatic rings. The Kier molecular flexibility index (Phi) is 9.66. The molecule has 2 aliphatic carbocycles. The van der Waals surface area contributed by atoms with E-state index in [1.165, 1.54) is 51.4 Å². The number of unbranched alkanes of at least 4 members (excludes halogenated alkanes) is 4. The van der Waals surface area contributed by atoms with E-state index in [1.807, 2.05) is 0 Å². The first-order valence-electron chi connectivity index (χ1n) is 11.7. The number of esters is 1. The molecule has 0 bridgehead atoms. The van der Waals surface area contributed by atoms with E-state index < -0.39 is 0 Å². The lowest BCUT2D eigenvalue weighted by atomic mass is 9.69. The van der Waals surface area contributed by atoms with Gasteiger partial charge < -0.3 is 4.74 Å². The molecule has 0 unspecified atom stereocenters. The zero-order chi connectivity index (χ0) is 19.5. The van der Waals surface area contributed by atoms with Gasteiger partial charge in [-0.3, -0.25) is 4.79 Å². The number of carbonyl (C=O) groups excluding carboxylic acids is 1. The molecule has 27 heavy (non-hydrogen) atoms. The molecule has 3 heteroatoms. The quantitative estimate of drug-likeness (QED) is 0.306. The summed E-state index contributed by atoms with van der Waals surface area (Å²) in [4.78, 5) is 12.6. The van der Waals surface area contributed by atoms with Crippen LogP contribution in [0.1, 0.15) is 117 Å². The Morgan fingerprint density at radius 3 is 2.19 bits per heavy atom. The van der Waals surface area contributed by atoms with Crippen molar-refractivity contribution >= 4 is 5.97 Å². The van der Waals surface area contributed by atoms with E-state index in [-0.39, 0.29) is 23.4 Å². The Morgan fingerprint density at radius 1 is 0.963 bits per heavy atom. The summed E-state index contributed by atoms with van der Waals surface area (Å²) in [7, 11) is 0. The van der Waals surface area contributed by atoms with Gasteiger partial charge in [-0.1, -0.05) is 58.8 Å². The van der Waals surface area contributed by atoms with Gasteiger partial charge in [-0.2, -0.15) is 5.26 Å². The summed E-state index contributed by atoms with van der Waals surface area (Å²) < 4.78 is 5.88. The lowest BCUT2D eigenvalue weighted by Gasteiger charge is -2.35. The van der Waals surface area contributed by atoms with E-state index in [2.05, 4.69) is 19.9 Å². The lowest BCUT2D eigenvalue weighted by Crippen LogP contribution is -2.33. The SMILES string of the molecule is CCCCCC1CCC(OC(=O)C2CCC(C#N)(CCCCC)CC2)CC1. The molecule has 0 amide bonds. The van der Waals surface area contributed by atoms with Crippen molar-refractivity contribution in [1.82, 2.24) is 0 Å². The summed E-state index contributed by atoms with van der Waals surface area (Å²) in [6, 6.07) is 2.59. The van der Waals surface area contributed by atoms with Gasteiger partial charge in [0.2, 0.25) is 0 Å². The van der Waals surface area contributed by atoms with Gasteiger partial charge in [0, 0.05) is 0 Å². The molecule has 2 rings (SSSR count). The first kappa shape index (κ1) is 22.3. The second-order valence-corrected chi connectivity index (χ2v) is 9.20. The highest BCUT2D eigenvalue weighted by atomic mass is 16.5. The average molecular weight is 376 g/mol. The summed E-state index contributed by atoms with van der Waals surface area (Å²) in [5, 5.41) is 9.66. The van der Waals surface area contributed by atoms with Crippen LogP contribution in [-0.4, -0.2) is 12.1 Å². The molecule has 0 aromatic carbocycles. The Balaban J connectivity index is 1.68. The summed E-state index contributed by atoms with van der Waals surface area (Å²) >= 11 is 0. The summed E-state index contributed by atoms with van der Waals surface area (Å²) in [6.07, 6.45) is 18.0. The van der Waals surface area contributed by atoms with Crippen molar-refractivity contribution in [3.8, 4) is 6.07 Å². The van der Waals surface area contributed by atoms with Crippen molar-refractivity contribution < 1.29 is 9.53 Å².